The van der Waals surface area contributed by atoms with Crippen LogP contribution in [0.5, 0.6) is 11.5 Å². The molecule has 0 atom stereocenters. The Labute approximate surface area is 160 Å². The van der Waals surface area contributed by atoms with Gasteiger partial charge in [-0.15, -0.1) is 13.2 Å². The Morgan fingerprint density at radius 1 is 1.29 bits per heavy atom. The molecule has 0 aliphatic carbocycles. The Morgan fingerprint density at radius 3 is 2.50 bits per heavy atom. The fourth-order valence-corrected chi connectivity index (χ4v) is 2.73. The molecule has 0 radical (unpaired) electrons. The Morgan fingerprint density at radius 2 is 1.96 bits per heavy atom. The van der Waals surface area contributed by atoms with Gasteiger partial charge >= 0.3 is 12.3 Å². The number of benzene rings is 1. The molecule has 0 spiro atoms. The quantitative estimate of drug-likeness (QED) is 0.663. The molecule has 6 nitrogen and oxygen atoms in total. The van der Waals surface area contributed by atoms with E-state index in [1.807, 2.05) is 13.8 Å². The van der Waals surface area contributed by atoms with E-state index in [9.17, 15) is 18.0 Å². The summed E-state index contributed by atoms with van der Waals surface area (Å²) in [5.41, 5.74) is 0.832. The van der Waals surface area contributed by atoms with Crippen LogP contribution in [-0.4, -0.2) is 33.8 Å². The minimum Gasteiger partial charge on any atom is -0.493 e. The normalized spacial score (nSPS) is 11.7. The van der Waals surface area contributed by atoms with Gasteiger partial charge < -0.3 is 14.6 Å². The van der Waals surface area contributed by atoms with Gasteiger partial charge in [0.1, 0.15) is 17.1 Å². The van der Waals surface area contributed by atoms with Crippen LogP contribution in [0.4, 0.5) is 13.2 Å². The highest BCUT2D eigenvalue weighted by Gasteiger charge is 2.31. The van der Waals surface area contributed by atoms with Gasteiger partial charge in [0.25, 0.3) is 0 Å². The third-order valence-electron chi connectivity index (χ3n) is 4.55. The Hall–Kier alpha value is -2.71. The SMILES string of the molecule is CCC(CC)COc1ccc(OC(F)(F)F)cc1Cn1ncc(C(=O)O)c1C. The largest absolute Gasteiger partial charge is 0.573 e. The van der Waals surface area contributed by atoms with Gasteiger partial charge in [-0.1, -0.05) is 26.7 Å². The van der Waals surface area contributed by atoms with Gasteiger partial charge in [0.05, 0.1) is 25.0 Å². The highest BCUT2D eigenvalue weighted by Crippen LogP contribution is 2.30. The van der Waals surface area contributed by atoms with Crippen LogP contribution in [-0.2, 0) is 6.54 Å². The van der Waals surface area contributed by atoms with Crippen LogP contribution in [0.1, 0.15) is 48.3 Å². The molecule has 2 rings (SSSR count). The zero-order valence-electron chi connectivity index (χ0n) is 15.9. The van der Waals surface area contributed by atoms with Crippen LogP contribution in [0.3, 0.4) is 0 Å². The number of rotatable bonds is 9. The lowest BCUT2D eigenvalue weighted by Crippen LogP contribution is -2.18. The van der Waals surface area contributed by atoms with Gasteiger partial charge in [0.2, 0.25) is 0 Å². The number of aromatic nitrogens is 2. The third-order valence-corrected chi connectivity index (χ3v) is 4.55. The van der Waals surface area contributed by atoms with Crippen molar-refractivity contribution in [1.29, 1.82) is 0 Å². The topological polar surface area (TPSA) is 73.6 Å². The zero-order chi connectivity index (χ0) is 20.9. The molecule has 2 aromatic rings. The molecule has 0 fully saturated rings. The Balaban J connectivity index is 2.33. The van der Waals surface area contributed by atoms with Crippen molar-refractivity contribution in [2.45, 2.75) is 46.5 Å². The molecule has 1 aromatic heterocycles. The van der Waals surface area contributed by atoms with E-state index in [1.165, 1.54) is 29.1 Å². The highest BCUT2D eigenvalue weighted by molar-refractivity contribution is 5.88. The molecule has 0 unspecified atom stereocenters. The maximum Gasteiger partial charge on any atom is 0.573 e. The molecule has 1 aromatic carbocycles. The fourth-order valence-electron chi connectivity index (χ4n) is 2.73. The van der Waals surface area contributed by atoms with E-state index in [-0.39, 0.29) is 17.9 Å². The molecule has 1 N–H and O–H groups in total. The Bertz CT molecular complexity index is 814. The molecule has 28 heavy (non-hydrogen) atoms. The number of carboxylic acids is 1. The summed E-state index contributed by atoms with van der Waals surface area (Å²) in [6.45, 7) is 6.14. The lowest BCUT2D eigenvalue weighted by molar-refractivity contribution is -0.274. The van der Waals surface area contributed by atoms with Crippen LogP contribution in [0.25, 0.3) is 0 Å². The molecule has 9 heteroatoms. The molecule has 0 amide bonds. The molecule has 0 aliphatic heterocycles. The van der Waals surface area contributed by atoms with Crippen molar-refractivity contribution in [2.75, 3.05) is 6.61 Å². The minimum atomic E-state index is -4.81. The van der Waals surface area contributed by atoms with Crippen molar-refractivity contribution < 1.29 is 32.5 Å². The van der Waals surface area contributed by atoms with E-state index in [0.717, 1.165) is 12.8 Å². The summed E-state index contributed by atoms with van der Waals surface area (Å²) in [7, 11) is 0. The van der Waals surface area contributed by atoms with Gasteiger partial charge in [-0.3, -0.25) is 4.68 Å². The molecular weight excluding hydrogens is 377 g/mol. The maximum atomic E-state index is 12.6. The van der Waals surface area contributed by atoms with Crippen molar-refractivity contribution in [3.63, 3.8) is 0 Å². The molecule has 0 bridgehead atoms. The minimum absolute atomic E-state index is 0.0298. The standard InChI is InChI=1S/C19H23F3N2O4/c1-4-13(5-2)11-27-17-7-6-15(28-19(20,21)22)8-14(17)10-24-12(3)16(9-23-24)18(25)26/h6-9,13H,4-5,10-11H2,1-3H3,(H,25,26). The van der Waals surface area contributed by atoms with E-state index in [1.54, 1.807) is 6.92 Å². The number of hydrogen-bond donors (Lipinski definition) is 1. The molecular formula is C19H23F3N2O4. The first-order valence-corrected chi connectivity index (χ1v) is 8.91. The number of hydrogen-bond acceptors (Lipinski definition) is 4. The predicted octanol–water partition coefficient (Wildman–Crippen LogP) is 4.65. The molecule has 0 saturated heterocycles. The molecule has 154 valence electrons. The lowest BCUT2D eigenvalue weighted by Gasteiger charge is -2.18. The molecule has 0 saturated carbocycles. The summed E-state index contributed by atoms with van der Waals surface area (Å²) < 4.78 is 48.9. The van der Waals surface area contributed by atoms with Crippen molar-refractivity contribution in [3.05, 3.63) is 41.2 Å². The average molecular weight is 400 g/mol. The van der Waals surface area contributed by atoms with Crippen LogP contribution in [0.15, 0.2) is 24.4 Å². The van der Waals surface area contributed by atoms with Crippen LogP contribution in [0.2, 0.25) is 0 Å². The number of nitrogens with zero attached hydrogens (tertiary/aromatic N) is 2. The summed E-state index contributed by atoms with van der Waals surface area (Å²) in [6.07, 6.45) is -1.77. The number of carbonyl (C=O) groups is 1. The van der Waals surface area contributed by atoms with Gasteiger partial charge in [0.15, 0.2) is 0 Å². The van der Waals surface area contributed by atoms with Crippen LogP contribution in [0, 0.1) is 12.8 Å². The fraction of sp³-hybridized carbons (Fsp3) is 0.474. The van der Waals surface area contributed by atoms with E-state index in [4.69, 9.17) is 9.84 Å². The van der Waals surface area contributed by atoms with Gasteiger partial charge in [-0.05, 0) is 31.0 Å². The first kappa shape index (κ1) is 21.6. The van der Waals surface area contributed by atoms with Gasteiger partial charge in [0, 0.05) is 5.56 Å². The summed E-state index contributed by atoms with van der Waals surface area (Å²) in [5, 5.41) is 13.2. The highest BCUT2D eigenvalue weighted by atomic mass is 19.4. The van der Waals surface area contributed by atoms with Crippen molar-refractivity contribution in [3.8, 4) is 11.5 Å². The second kappa shape index (κ2) is 8.99. The lowest BCUT2D eigenvalue weighted by atomic mass is 10.1. The number of halogens is 3. The van der Waals surface area contributed by atoms with Crippen LogP contribution >= 0.6 is 0 Å². The van der Waals surface area contributed by atoms with Crippen molar-refractivity contribution in [1.82, 2.24) is 9.78 Å². The smallest absolute Gasteiger partial charge is 0.493 e. The number of carboxylic acid groups (broad SMARTS) is 1. The first-order chi connectivity index (χ1) is 13.1. The van der Waals surface area contributed by atoms with Crippen LogP contribution < -0.4 is 9.47 Å². The summed E-state index contributed by atoms with van der Waals surface area (Å²) in [4.78, 5) is 11.2. The predicted molar refractivity (Wildman–Crippen MR) is 95.7 cm³/mol. The summed E-state index contributed by atoms with van der Waals surface area (Å²) in [5.74, 6) is -0.763. The van der Waals surface area contributed by atoms with E-state index in [2.05, 4.69) is 9.84 Å². The second-order valence-electron chi connectivity index (χ2n) is 6.42. The molecule has 0 aliphatic rings. The summed E-state index contributed by atoms with van der Waals surface area (Å²) in [6, 6.07) is 3.85. The number of ether oxygens (including phenoxy) is 2. The van der Waals surface area contributed by atoms with Gasteiger partial charge in [-0.25, -0.2) is 4.79 Å². The van der Waals surface area contributed by atoms with E-state index >= 15 is 0 Å². The second-order valence-corrected chi connectivity index (χ2v) is 6.42. The monoisotopic (exact) mass is 400 g/mol. The first-order valence-electron chi connectivity index (χ1n) is 8.91. The van der Waals surface area contributed by atoms with E-state index < -0.39 is 12.3 Å². The maximum absolute atomic E-state index is 12.6. The average Bonchev–Trinajstić information content (AvgIpc) is 2.97. The third kappa shape index (κ3) is 5.64. The van der Waals surface area contributed by atoms with Crippen molar-refractivity contribution >= 4 is 5.97 Å². The number of alkyl halides is 3. The number of aromatic carboxylic acids is 1. The molecule has 1 heterocycles. The Kier molecular flexibility index (Phi) is 6.93. The summed E-state index contributed by atoms with van der Waals surface area (Å²) >= 11 is 0. The van der Waals surface area contributed by atoms with Gasteiger partial charge in [-0.2, -0.15) is 5.10 Å². The van der Waals surface area contributed by atoms with E-state index in [0.29, 0.717) is 29.5 Å². The zero-order valence-corrected chi connectivity index (χ0v) is 15.9. The van der Waals surface area contributed by atoms with Crippen molar-refractivity contribution in [2.24, 2.45) is 5.92 Å².